The second kappa shape index (κ2) is 18.1. The molecule has 9 heteroatoms. The zero-order valence-electron chi connectivity index (χ0n) is 28.4. The highest BCUT2D eigenvalue weighted by molar-refractivity contribution is 5.99. The predicted octanol–water partition coefficient (Wildman–Crippen LogP) is 6.45. The van der Waals surface area contributed by atoms with Crippen LogP contribution < -0.4 is 15.4 Å². The molecule has 1 aliphatic heterocycles. The Bertz CT molecular complexity index is 1060. The van der Waals surface area contributed by atoms with Crippen molar-refractivity contribution in [3.05, 3.63) is 23.8 Å². The Kier molecular flexibility index (Phi) is 14.3. The van der Waals surface area contributed by atoms with Gasteiger partial charge in [0.2, 0.25) is 0 Å². The van der Waals surface area contributed by atoms with E-state index in [2.05, 4.69) is 29.5 Å². The summed E-state index contributed by atoms with van der Waals surface area (Å²) in [7, 11) is 2.20. The molecule has 254 valence electrons. The third-order valence-corrected chi connectivity index (χ3v) is 10.0. The van der Waals surface area contributed by atoms with Crippen molar-refractivity contribution in [2.75, 3.05) is 45.2 Å². The summed E-state index contributed by atoms with van der Waals surface area (Å²) in [5, 5.41) is 16.3. The number of nitrogens with one attached hydrogen (secondary N) is 2. The number of aliphatic hydroxyl groups excluding tert-OH is 1. The Labute approximate surface area is 271 Å². The molecular weight excluding hydrogens is 568 g/mol. The number of hydrogen-bond acceptors (Lipinski definition) is 6. The summed E-state index contributed by atoms with van der Waals surface area (Å²) in [6, 6.07) is 4.85. The van der Waals surface area contributed by atoms with Gasteiger partial charge < -0.3 is 35.0 Å². The van der Waals surface area contributed by atoms with E-state index in [9.17, 15) is 14.7 Å². The van der Waals surface area contributed by atoms with Crippen molar-refractivity contribution in [2.45, 2.75) is 129 Å². The van der Waals surface area contributed by atoms with E-state index in [0.717, 1.165) is 64.0 Å². The first-order valence-electron chi connectivity index (χ1n) is 17.8. The van der Waals surface area contributed by atoms with E-state index in [1.165, 1.54) is 38.5 Å². The smallest absolute Gasteiger partial charge is 0.319 e. The molecule has 2 saturated carbocycles. The number of amides is 3. The minimum atomic E-state index is -0.398. The number of benzene rings is 1. The summed E-state index contributed by atoms with van der Waals surface area (Å²) in [4.78, 5) is 31.4. The minimum absolute atomic E-state index is 0.0349. The summed E-state index contributed by atoms with van der Waals surface area (Å²) < 4.78 is 12.9. The summed E-state index contributed by atoms with van der Waals surface area (Å²) in [6.45, 7) is 8.92. The molecule has 3 aliphatic rings. The average Bonchev–Trinajstić information content (AvgIpc) is 3.03. The molecule has 2 fully saturated rings. The number of carbonyl (C=O) groups is 2. The SMILES string of the molecule is C[C@@H]1CCCCO[C@H](CN(C)CC2CCCCC2)[C@H](C)CN([C@@H](C)CO)C(=O)c2cc(NC(=O)NC3CCCCC3)ccc2O1. The van der Waals surface area contributed by atoms with Crippen molar-refractivity contribution in [2.24, 2.45) is 11.8 Å². The van der Waals surface area contributed by atoms with E-state index in [1.54, 1.807) is 23.1 Å². The van der Waals surface area contributed by atoms with Crippen LogP contribution in [-0.4, -0.2) is 91.0 Å². The lowest BCUT2D eigenvalue weighted by atomic mass is 9.89. The Morgan fingerprint density at radius 2 is 1.69 bits per heavy atom. The molecule has 0 radical (unpaired) electrons. The molecule has 0 saturated heterocycles. The number of nitrogens with zero attached hydrogens (tertiary/aromatic N) is 2. The first kappa shape index (κ1) is 35.5. The van der Waals surface area contributed by atoms with Gasteiger partial charge >= 0.3 is 6.03 Å². The van der Waals surface area contributed by atoms with Gasteiger partial charge in [0.05, 0.1) is 30.4 Å². The van der Waals surface area contributed by atoms with Crippen LogP contribution in [0.4, 0.5) is 10.5 Å². The van der Waals surface area contributed by atoms with Crippen LogP contribution in [0.5, 0.6) is 5.75 Å². The van der Waals surface area contributed by atoms with Gasteiger partial charge in [0.15, 0.2) is 0 Å². The second-order valence-corrected chi connectivity index (χ2v) is 14.2. The molecule has 3 amide bonds. The van der Waals surface area contributed by atoms with Gasteiger partial charge in [0.25, 0.3) is 5.91 Å². The van der Waals surface area contributed by atoms with Crippen molar-refractivity contribution < 1.29 is 24.2 Å². The Hall–Kier alpha value is -2.36. The number of rotatable bonds is 8. The van der Waals surface area contributed by atoms with Crippen LogP contribution in [0.2, 0.25) is 0 Å². The maximum atomic E-state index is 14.4. The van der Waals surface area contributed by atoms with Crippen LogP contribution in [-0.2, 0) is 4.74 Å². The number of hydrogen-bond donors (Lipinski definition) is 3. The molecule has 0 unspecified atom stereocenters. The van der Waals surface area contributed by atoms with Gasteiger partial charge in [0, 0.05) is 43.9 Å². The summed E-state index contributed by atoms with van der Waals surface area (Å²) in [5.41, 5.74) is 0.941. The number of urea groups is 1. The first-order valence-corrected chi connectivity index (χ1v) is 17.8. The molecule has 0 aromatic heterocycles. The number of likely N-dealkylation sites (N-methyl/N-ethyl adjacent to an activating group) is 1. The van der Waals surface area contributed by atoms with E-state index in [-0.39, 0.29) is 42.7 Å². The summed E-state index contributed by atoms with van der Waals surface area (Å²) in [6.07, 6.45) is 14.7. The molecule has 9 nitrogen and oxygen atoms in total. The topological polar surface area (TPSA) is 103 Å². The van der Waals surface area contributed by atoms with Gasteiger partial charge in [-0.2, -0.15) is 0 Å². The highest BCUT2D eigenvalue weighted by Crippen LogP contribution is 2.29. The molecule has 0 spiro atoms. The Morgan fingerprint density at radius 3 is 2.40 bits per heavy atom. The van der Waals surface area contributed by atoms with Crippen LogP contribution in [0.3, 0.4) is 0 Å². The summed E-state index contributed by atoms with van der Waals surface area (Å²) in [5.74, 6) is 1.08. The van der Waals surface area contributed by atoms with Crippen LogP contribution in [0.25, 0.3) is 0 Å². The third-order valence-electron chi connectivity index (χ3n) is 10.0. The van der Waals surface area contributed by atoms with Crippen molar-refractivity contribution in [3.63, 3.8) is 0 Å². The third kappa shape index (κ3) is 11.1. The zero-order chi connectivity index (χ0) is 32.2. The fourth-order valence-electron chi connectivity index (χ4n) is 7.25. The maximum Gasteiger partial charge on any atom is 0.319 e. The Morgan fingerprint density at radius 1 is 1.00 bits per heavy atom. The number of ether oxygens (including phenoxy) is 2. The second-order valence-electron chi connectivity index (χ2n) is 14.2. The number of carbonyl (C=O) groups excluding carboxylic acids is 2. The molecule has 4 rings (SSSR count). The van der Waals surface area contributed by atoms with E-state index in [4.69, 9.17) is 9.47 Å². The maximum absolute atomic E-state index is 14.4. The van der Waals surface area contributed by atoms with Crippen LogP contribution in [0.15, 0.2) is 18.2 Å². The molecule has 1 aromatic rings. The van der Waals surface area contributed by atoms with Crippen molar-refractivity contribution in [1.82, 2.24) is 15.1 Å². The van der Waals surface area contributed by atoms with Gasteiger partial charge in [-0.1, -0.05) is 45.4 Å². The van der Waals surface area contributed by atoms with Crippen LogP contribution in [0.1, 0.15) is 115 Å². The standard InChI is InChI=1S/C36H60N4O5/c1-26-22-40(27(2)25-41)35(42)32-21-31(38-36(43)37-30-16-9-6-10-17-30)18-19-33(32)45-28(3)13-11-12-20-44-34(26)24-39(4)23-29-14-7-5-8-15-29/h18-19,21,26-30,34,41H,5-17,20,22-25H2,1-4H3,(H2,37,38,43)/t26-,27+,28-,34-/m1/s1. The van der Waals surface area contributed by atoms with E-state index in [1.807, 2.05) is 13.8 Å². The molecule has 4 atom stereocenters. The highest BCUT2D eigenvalue weighted by Gasteiger charge is 2.31. The lowest BCUT2D eigenvalue weighted by molar-refractivity contribution is -0.0190. The molecule has 1 aromatic carbocycles. The van der Waals surface area contributed by atoms with Crippen molar-refractivity contribution in [1.29, 1.82) is 0 Å². The van der Waals surface area contributed by atoms with Gasteiger partial charge in [-0.05, 0) is 90.0 Å². The number of aliphatic hydroxyl groups is 1. The number of fused-ring (bicyclic) bond motifs is 1. The average molecular weight is 629 g/mol. The van der Waals surface area contributed by atoms with Crippen LogP contribution >= 0.6 is 0 Å². The zero-order valence-corrected chi connectivity index (χ0v) is 28.4. The lowest BCUT2D eigenvalue weighted by Gasteiger charge is -2.36. The minimum Gasteiger partial charge on any atom is -0.490 e. The molecule has 1 heterocycles. The molecule has 0 bridgehead atoms. The quantitative estimate of drug-likeness (QED) is 0.306. The van der Waals surface area contributed by atoms with Gasteiger partial charge in [0.1, 0.15) is 5.75 Å². The summed E-state index contributed by atoms with van der Waals surface area (Å²) >= 11 is 0. The van der Waals surface area contributed by atoms with E-state index in [0.29, 0.717) is 30.2 Å². The van der Waals surface area contributed by atoms with Crippen molar-refractivity contribution >= 4 is 17.6 Å². The van der Waals surface area contributed by atoms with Gasteiger partial charge in [-0.25, -0.2) is 4.79 Å². The van der Waals surface area contributed by atoms with Gasteiger partial charge in [-0.3, -0.25) is 4.79 Å². The van der Waals surface area contributed by atoms with Gasteiger partial charge in [-0.15, -0.1) is 0 Å². The predicted molar refractivity (Wildman–Crippen MR) is 180 cm³/mol. The molecular formula is C36H60N4O5. The van der Waals surface area contributed by atoms with Crippen molar-refractivity contribution in [3.8, 4) is 5.75 Å². The first-order chi connectivity index (χ1) is 21.7. The fraction of sp³-hybridized carbons (Fsp3) is 0.778. The molecule has 45 heavy (non-hydrogen) atoms. The van der Waals surface area contributed by atoms with E-state index < -0.39 is 6.04 Å². The molecule has 2 aliphatic carbocycles. The normalized spacial score (nSPS) is 25.6. The Balaban J connectivity index is 1.54. The monoisotopic (exact) mass is 628 g/mol. The lowest BCUT2D eigenvalue weighted by Crippen LogP contribution is -2.47. The molecule has 3 N–H and O–H groups in total. The largest absolute Gasteiger partial charge is 0.490 e. The fourth-order valence-corrected chi connectivity index (χ4v) is 7.25. The van der Waals surface area contributed by atoms with Crippen LogP contribution in [0, 0.1) is 11.8 Å². The number of anilines is 1. The van der Waals surface area contributed by atoms with E-state index >= 15 is 0 Å². The highest BCUT2D eigenvalue weighted by atomic mass is 16.5.